The van der Waals surface area contributed by atoms with Crippen LogP contribution in [0.1, 0.15) is 44.0 Å². The van der Waals surface area contributed by atoms with Gasteiger partial charge in [-0.2, -0.15) is 0 Å². The van der Waals surface area contributed by atoms with Crippen molar-refractivity contribution >= 4 is 11.7 Å². The molecule has 4 heteroatoms. The average Bonchev–Trinajstić information content (AvgIpc) is 2.38. The lowest BCUT2D eigenvalue weighted by atomic mass is 10.2. The lowest BCUT2D eigenvalue weighted by Gasteiger charge is -2.21. The lowest BCUT2D eigenvalue weighted by molar-refractivity contribution is 0.0755. The molecule has 0 bridgehead atoms. The molecule has 18 heavy (non-hydrogen) atoms. The van der Waals surface area contributed by atoms with Crippen LogP contribution in [0, 0.1) is 0 Å². The molecule has 0 spiro atoms. The van der Waals surface area contributed by atoms with E-state index in [2.05, 4.69) is 24.1 Å². The predicted octanol–water partition coefficient (Wildman–Crippen LogP) is 2.78. The SMILES string of the molecule is CCCN(CCC)C(=O)c1ccnc(NCC)c1. The van der Waals surface area contributed by atoms with Crippen LogP contribution in [0.3, 0.4) is 0 Å². The monoisotopic (exact) mass is 249 g/mol. The molecule has 0 saturated heterocycles. The zero-order chi connectivity index (χ0) is 13.4. The van der Waals surface area contributed by atoms with Gasteiger partial charge in [-0.15, -0.1) is 0 Å². The number of rotatable bonds is 7. The summed E-state index contributed by atoms with van der Waals surface area (Å²) < 4.78 is 0. The van der Waals surface area contributed by atoms with E-state index in [1.54, 1.807) is 12.3 Å². The molecule has 1 aromatic heterocycles. The van der Waals surface area contributed by atoms with Crippen molar-refractivity contribution in [1.82, 2.24) is 9.88 Å². The van der Waals surface area contributed by atoms with Crippen LogP contribution in [0.25, 0.3) is 0 Å². The van der Waals surface area contributed by atoms with Gasteiger partial charge in [0.1, 0.15) is 5.82 Å². The van der Waals surface area contributed by atoms with E-state index in [9.17, 15) is 4.79 Å². The maximum absolute atomic E-state index is 12.4. The van der Waals surface area contributed by atoms with E-state index in [1.807, 2.05) is 17.9 Å². The van der Waals surface area contributed by atoms with Crippen molar-refractivity contribution in [1.29, 1.82) is 0 Å². The molecule has 0 aliphatic carbocycles. The van der Waals surface area contributed by atoms with Crippen LogP contribution in [0.15, 0.2) is 18.3 Å². The second kappa shape index (κ2) is 7.69. The zero-order valence-electron chi connectivity index (χ0n) is 11.6. The summed E-state index contributed by atoms with van der Waals surface area (Å²) in [5.74, 6) is 0.858. The van der Waals surface area contributed by atoms with Gasteiger partial charge in [-0.05, 0) is 31.9 Å². The van der Waals surface area contributed by atoms with Crippen molar-refractivity contribution < 1.29 is 4.79 Å². The number of carbonyl (C=O) groups is 1. The molecule has 1 heterocycles. The Labute approximate surface area is 109 Å². The number of nitrogens with one attached hydrogen (secondary N) is 1. The van der Waals surface area contributed by atoms with Gasteiger partial charge in [-0.3, -0.25) is 4.79 Å². The normalized spacial score (nSPS) is 10.2. The number of pyridine rings is 1. The molecule has 1 aromatic rings. The summed E-state index contributed by atoms with van der Waals surface area (Å²) in [6.45, 7) is 8.62. The third kappa shape index (κ3) is 4.02. The minimum atomic E-state index is 0.0975. The largest absolute Gasteiger partial charge is 0.370 e. The minimum Gasteiger partial charge on any atom is -0.370 e. The second-order valence-corrected chi connectivity index (χ2v) is 4.25. The average molecular weight is 249 g/mol. The van der Waals surface area contributed by atoms with Gasteiger partial charge in [-0.1, -0.05) is 13.8 Å². The van der Waals surface area contributed by atoms with E-state index >= 15 is 0 Å². The number of aromatic nitrogens is 1. The highest BCUT2D eigenvalue weighted by atomic mass is 16.2. The third-order valence-corrected chi connectivity index (χ3v) is 2.64. The second-order valence-electron chi connectivity index (χ2n) is 4.25. The van der Waals surface area contributed by atoms with Crippen LogP contribution < -0.4 is 5.32 Å². The highest BCUT2D eigenvalue weighted by Crippen LogP contribution is 2.10. The van der Waals surface area contributed by atoms with E-state index in [0.29, 0.717) is 5.56 Å². The topological polar surface area (TPSA) is 45.2 Å². The van der Waals surface area contributed by atoms with Crippen LogP contribution in [0.4, 0.5) is 5.82 Å². The summed E-state index contributed by atoms with van der Waals surface area (Å²) in [4.78, 5) is 18.4. The van der Waals surface area contributed by atoms with Gasteiger partial charge in [0.25, 0.3) is 5.91 Å². The molecular weight excluding hydrogens is 226 g/mol. The van der Waals surface area contributed by atoms with E-state index in [4.69, 9.17) is 0 Å². The smallest absolute Gasteiger partial charge is 0.254 e. The number of hydrogen-bond donors (Lipinski definition) is 1. The Morgan fingerprint density at radius 1 is 1.28 bits per heavy atom. The molecule has 100 valence electrons. The molecule has 0 aliphatic rings. The molecule has 1 amide bonds. The van der Waals surface area contributed by atoms with Gasteiger partial charge in [0, 0.05) is 31.4 Å². The van der Waals surface area contributed by atoms with Crippen LogP contribution in [-0.4, -0.2) is 35.4 Å². The maximum Gasteiger partial charge on any atom is 0.254 e. The highest BCUT2D eigenvalue weighted by molar-refractivity contribution is 5.94. The van der Waals surface area contributed by atoms with Crippen molar-refractivity contribution in [2.75, 3.05) is 25.0 Å². The lowest BCUT2D eigenvalue weighted by Crippen LogP contribution is -2.32. The molecule has 1 N–H and O–H groups in total. The van der Waals surface area contributed by atoms with Gasteiger partial charge in [0.05, 0.1) is 0 Å². The molecule has 1 rings (SSSR count). The Bertz CT molecular complexity index is 373. The van der Waals surface area contributed by atoms with Crippen LogP contribution in [0.5, 0.6) is 0 Å². The van der Waals surface area contributed by atoms with Gasteiger partial charge < -0.3 is 10.2 Å². The number of nitrogens with zero attached hydrogens (tertiary/aromatic N) is 2. The van der Waals surface area contributed by atoms with Crippen LogP contribution in [0.2, 0.25) is 0 Å². The van der Waals surface area contributed by atoms with E-state index in [0.717, 1.165) is 38.3 Å². The van der Waals surface area contributed by atoms with Gasteiger partial charge >= 0.3 is 0 Å². The van der Waals surface area contributed by atoms with Crippen LogP contribution >= 0.6 is 0 Å². The van der Waals surface area contributed by atoms with Crippen molar-refractivity contribution in [3.8, 4) is 0 Å². The first-order valence-corrected chi connectivity index (χ1v) is 6.72. The fourth-order valence-electron chi connectivity index (χ4n) is 1.88. The minimum absolute atomic E-state index is 0.0975. The number of hydrogen-bond acceptors (Lipinski definition) is 3. The van der Waals surface area contributed by atoms with Gasteiger partial charge in [-0.25, -0.2) is 4.98 Å². The summed E-state index contributed by atoms with van der Waals surface area (Å²) in [6, 6.07) is 3.60. The van der Waals surface area contributed by atoms with E-state index < -0.39 is 0 Å². The van der Waals surface area contributed by atoms with Crippen molar-refractivity contribution in [3.63, 3.8) is 0 Å². The quantitative estimate of drug-likeness (QED) is 0.808. The Morgan fingerprint density at radius 2 is 1.94 bits per heavy atom. The summed E-state index contributed by atoms with van der Waals surface area (Å²) in [6.07, 6.45) is 3.65. The van der Waals surface area contributed by atoms with Crippen molar-refractivity contribution in [2.45, 2.75) is 33.6 Å². The van der Waals surface area contributed by atoms with Crippen molar-refractivity contribution in [3.05, 3.63) is 23.9 Å². The first-order chi connectivity index (χ1) is 8.72. The van der Waals surface area contributed by atoms with Crippen molar-refractivity contribution in [2.24, 2.45) is 0 Å². The molecular formula is C14H23N3O. The highest BCUT2D eigenvalue weighted by Gasteiger charge is 2.14. The van der Waals surface area contributed by atoms with E-state index in [1.165, 1.54) is 0 Å². The molecule has 0 aliphatic heterocycles. The molecule has 0 fully saturated rings. The summed E-state index contributed by atoms with van der Waals surface area (Å²) >= 11 is 0. The molecule has 0 radical (unpaired) electrons. The molecule has 4 nitrogen and oxygen atoms in total. The molecule has 0 unspecified atom stereocenters. The Hall–Kier alpha value is -1.58. The Kier molecular flexibility index (Phi) is 6.19. The Balaban J connectivity index is 2.82. The number of amides is 1. The van der Waals surface area contributed by atoms with Gasteiger partial charge in [0.2, 0.25) is 0 Å². The Morgan fingerprint density at radius 3 is 2.50 bits per heavy atom. The van der Waals surface area contributed by atoms with Gasteiger partial charge in [0.15, 0.2) is 0 Å². The number of anilines is 1. The fraction of sp³-hybridized carbons (Fsp3) is 0.571. The standard InChI is InChI=1S/C14H23N3O/c1-4-9-17(10-5-2)14(18)12-7-8-16-13(11-12)15-6-3/h7-8,11H,4-6,9-10H2,1-3H3,(H,15,16). The first-order valence-electron chi connectivity index (χ1n) is 6.72. The fourth-order valence-corrected chi connectivity index (χ4v) is 1.88. The zero-order valence-corrected chi connectivity index (χ0v) is 11.6. The summed E-state index contributed by atoms with van der Waals surface area (Å²) in [5, 5.41) is 3.12. The third-order valence-electron chi connectivity index (χ3n) is 2.64. The number of carbonyl (C=O) groups excluding carboxylic acids is 1. The van der Waals surface area contributed by atoms with Crippen LogP contribution in [-0.2, 0) is 0 Å². The summed E-state index contributed by atoms with van der Waals surface area (Å²) in [7, 11) is 0. The first kappa shape index (κ1) is 14.5. The predicted molar refractivity (Wildman–Crippen MR) is 74.9 cm³/mol. The summed E-state index contributed by atoms with van der Waals surface area (Å²) in [5.41, 5.74) is 0.711. The molecule has 0 aromatic carbocycles. The molecule has 0 atom stereocenters. The van der Waals surface area contributed by atoms with E-state index in [-0.39, 0.29) is 5.91 Å². The molecule has 0 saturated carbocycles. The maximum atomic E-state index is 12.4.